The van der Waals surface area contributed by atoms with Crippen LogP contribution < -0.4 is 14.8 Å². The summed E-state index contributed by atoms with van der Waals surface area (Å²) in [5.74, 6) is 1.11. The fourth-order valence-electron chi connectivity index (χ4n) is 4.10. The Kier molecular flexibility index (Phi) is 5.48. The van der Waals surface area contributed by atoms with Gasteiger partial charge in [0, 0.05) is 31.2 Å². The minimum absolute atomic E-state index is 0.103. The average molecular weight is 406 g/mol. The van der Waals surface area contributed by atoms with Crippen molar-refractivity contribution in [1.82, 2.24) is 4.90 Å². The number of hydrogen-bond donors (Lipinski definition) is 1. The number of benzene rings is 2. The molecule has 0 radical (unpaired) electrons. The summed E-state index contributed by atoms with van der Waals surface area (Å²) in [6.45, 7) is 5.93. The number of fused-ring (bicyclic) bond motifs is 2. The third-order valence-electron chi connectivity index (χ3n) is 5.42. The van der Waals surface area contributed by atoms with Crippen molar-refractivity contribution in [2.45, 2.75) is 45.8 Å². The van der Waals surface area contributed by atoms with Gasteiger partial charge in [0.1, 0.15) is 17.6 Å². The Hall–Kier alpha value is -3.28. The van der Waals surface area contributed by atoms with Crippen molar-refractivity contribution in [2.75, 3.05) is 11.9 Å². The summed E-state index contributed by atoms with van der Waals surface area (Å²) >= 11 is 0. The molecule has 0 unspecified atom stereocenters. The van der Waals surface area contributed by atoms with Gasteiger partial charge in [-0.1, -0.05) is 24.3 Å². The summed E-state index contributed by atoms with van der Waals surface area (Å²) in [5.41, 5.74) is 3.64. The highest BCUT2D eigenvalue weighted by Gasteiger charge is 2.29. The van der Waals surface area contributed by atoms with Gasteiger partial charge in [-0.2, -0.15) is 0 Å². The Labute approximate surface area is 176 Å². The zero-order chi connectivity index (χ0) is 21.3. The highest BCUT2D eigenvalue weighted by Crippen LogP contribution is 2.39. The molecule has 2 aliphatic rings. The van der Waals surface area contributed by atoms with Crippen molar-refractivity contribution in [3.05, 3.63) is 59.3 Å². The molecule has 0 aliphatic carbocycles. The number of rotatable bonds is 5. The van der Waals surface area contributed by atoms with E-state index in [2.05, 4.69) is 5.32 Å². The smallest absolute Gasteiger partial charge is 0.226 e. The maximum Gasteiger partial charge on any atom is 0.226 e. The van der Waals surface area contributed by atoms with Gasteiger partial charge >= 0.3 is 0 Å². The molecule has 0 saturated heterocycles. The summed E-state index contributed by atoms with van der Waals surface area (Å²) in [5, 5.41) is 2.97. The number of amides is 2. The van der Waals surface area contributed by atoms with E-state index in [1.807, 2.05) is 56.3 Å². The van der Waals surface area contributed by atoms with Crippen LogP contribution in [0.25, 0.3) is 6.08 Å². The molecule has 0 aromatic heterocycles. The first-order chi connectivity index (χ1) is 14.5. The number of nitrogens with zero attached hydrogens (tertiary/aromatic N) is 1. The third-order valence-corrected chi connectivity index (χ3v) is 5.42. The van der Waals surface area contributed by atoms with Crippen LogP contribution in [0.2, 0.25) is 0 Å². The van der Waals surface area contributed by atoms with Crippen LogP contribution in [0.5, 0.6) is 11.5 Å². The molecule has 2 heterocycles. The highest BCUT2D eigenvalue weighted by molar-refractivity contribution is 5.94. The molecule has 4 rings (SSSR count). The standard InChI is InChI=1S/C24H26N2O4/c1-4-29-23-12-18-11-15(2)30-22(18)13-20(23)25-24(28)14-21-19-8-6-5-7-17(19)9-10-26(21)16(3)27/h5-10,12-13,15,21H,4,11,14H2,1-3H3,(H,25,28)/t15-,21-/m1/s1. The predicted octanol–water partition coefficient (Wildman–Crippen LogP) is 4.31. The van der Waals surface area contributed by atoms with Crippen LogP contribution in [0, 0.1) is 0 Å². The first kappa shape index (κ1) is 20.0. The molecule has 2 atom stereocenters. The van der Waals surface area contributed by atoms with Crippen LogP contribution in [0.15, 0.2) is 42.6 Å². The molecule has 2 aromatic carbocycles. The molecule has 0 spiro atoms. The molecule has 0 fully saturated rings. The minimum Gasteiger partial charge on any atom is -0.492 e. The van der Waals surface area contributed by atoms with E-state index in [1.54, 1.807) is 11.1 Å². The molecular weight excluding hydrogens is 380 g/mol. The second-order valence-electron chi connectivity index (χ2n) is 7.66. The van der Waals surface area contributed by atoms with Gasteiger partial charge in [0.25, 0.3) is 0 Å². The fourth-order valence-corrected chi connectivity index (χ4v) is 4.10. The Morgan fingerprint density at radius 3 is 2.83 bits per heavy atom. The minimum atomic E-state index is -0.357. The summed E-state index contributed by atoms with van der Waals surface area (Å²) < 4.78 is 11.6. The first-order valence-electron chi connectivity index (χ1n) is 10.3. The third kappa shape index (κ3) is 3.90. The maximum absolute atomic E-state index is 13.0. The van der Waals surface area contributed by atoms with E-state index < -0.39 is 0 Å². The van der Waals surface area contributed by atoms with E-state index in [0.717, 1.165) is 28.9 Å². The number of nitrogens with one attached hydrogen (secondary N) is 1. The molecule has 2 aromatic rings. The summed E-state index contributed by atoms with van der Waals surface area (Å²) in [4.78, 5) is 26.8. The van der Waals surface area contributed by atoms with E-state index in [9.17, 15) is 9.59 Å². The molecule has 0 saturated carbocycles. The van der Waals surface area contributed by atoms with Crippen molar-refractivity contribution in [2.24, 2.45) is 0 Å². The summed E-state index contributed by atoms with van der Waals surface area (Å²) in [7, 11) is 0. The Morgan fingerprint density at radius 1 is 1.27 bits per heavy atom. The zero-order valence-electron chi connectivity index (χ0n) is 17.5. The van der Waals surface area contributed by atoms with Gasteiger partial charge in [0.05, 0.1) is 24.8 Å². The topological polar surface area (TPSA) is 67.9 Å². The SMILES string of the molecule is CCOc1cc2c(cc1NC(=O)C[C@@H]1c3ccccc3C=CN1C(C)=O)O[C@H](C)C2. The van der Waals surface area contributed by atoms with Crippen molar-refractivity contribution in [1.29, 1.82) is 0 Å². The molecule has 1 N–H and O–H groups in total. The van der Waals surface area contributed by atoms with Gasteiger partial charge in [-0.05, 0) is 37.1 Å². The fraction of sp³-hybridized carbons (Fsp3) is 0.333. The number of hydrogen-bond acceptors (Lipinski definition) is 4. The molecule has 30 heavy (non-hydrogen) atoms. The van der Waals surface area contributed by atoms with Crippen LogP contribution in [-0.2, 0) is 16.0 Å². The molecular formula is C24H26N2O4. The number of carbonyl (C=O) groups is 2. The largest absolute Gasteiger partial charge is 0.492 e. The summed E-state index contributed by atoms with van der Waals surface area (Å²) in [6.07, 6.45) is 4.72. The number of ether oxygens (including phenoxy) is 2. The Bertz CT molecular complexity index is 1010. The van der Waals surface area contributed by atoms with E-state index in [0.29, 0.717) is 18.0 Å². The van der Waals surface area contributed by atoms with Crippen molar-refractivity contribution >= 4 is 23.6 Å². The maximum atomic E-state index is 13.0. The van der Waals surface area contributed by atoms with Gasteiger partial charge in [-0.15, -0.1) is 0 Å². The van der Waals surface area contributed by atoms with Crippen molar-refractivity contribution in [3.63, 3.8) is 0 Å². The molecule has 0 bridgehead atoms. The van der Waals surface area contributed by atoms with E-state index in [4.69, 9.17) is 9.47 Å². The zero-order valence-corrected chi connectivity index (χ0v) is 17.5. The van der Waals surface area contributed by atoms with Gasteiger partial charge < -0.3 is 19.7 Å². The Morgan fingerprint density at radius 2 is 2.07 bits per heavy atom. The molecule has 156 valence electrons. The van der Waals surface area contributed by atoms with Crippen LogP contribution in [0.3, 0.4) is 0 Å². The van der Waals surface area contributed by atoms with Crippen molar-refractivity contribution in [3.8, 4) is 11.5 Å². The lowest BCUT2D eigenvalue weighted by Crippen LogP contribution is -2.33. The summed E-state index contributed by atoms with van der Waals surface area (Å²) in [6, 6.07) is 11.2. The van der Waals surface area contributed by atoms with E-state index >= 15 is 0 Å². The first-order valence-corrected chi connectivity index (χ1v) is 10.3. The molecule has 2 aliphatic heterocycles. The van der Waals surface area contributed by atoms with Crippen LogP contribution >= 0.6 is 0 Å². The molecule has 6 heteroatoms. The monoisotopic (exact) mass is 406 g/mol. The lowest BCUT2D eigenvalue weighted by molar-refractivity contribution is -0.129. The van der Waals surface area contributed by atoms with Crippen LogP contribution in [-0.4, -0.2) is 29.4 Å². The normalized spacial score (nSPS) is 19.0. The second-order valence-corrected chi connectivity index (χ2v) is 7.66. The predicted molar refractivity (Wildman–Crippen MR) is 115 cm³/mol. The highest BCUT2D eigenvalue weighted by atomic mass is 16.5. The average Bonchev–Trinajstić information content (AvgIpc) is 3.07. The van der Waals surface area contributed by atoms with Crippen LogP contribution in [0.1, 0.15) is 49.9 Å². The molecule has 6 nitrogen and oxygen atoms in total. The van der Waals surface area contributed by atoms with Gasteiger partial charge in [-0.3, -0.25) is 9.59 Å². The number of carbonyl (C=O) groups excluding carboxylic acids is 2. The lowest BCUT2D eigenvalue weighted by Gasteiger charge is -2.32. The Balaban J connectivity index is 1.58. The lowest BCUT2D eigenvalue weighted by atomic mass is 9.93. The van der Waals surface area contributed by atoms with E-state index in [1.165, 1.54) is 6.92 Å². The van der Waals surface area contributed by atoms with Crippen molar-refractivity contribution < 1.29 is 19.1 Å². The van der Waals surface area contributed by atoms with Crippen LogP contribution in [0.4, 0.5) is 5.69 Å². The second kappa shape index (κ2) is 8.22. The van der Waals surface area contributed by atoms with Gasteiger partial charge in [0.2, 0.25) is 11.8 Å². The van der Waals surface area contributed by atoms with E-state index in [-0.39, 0.29) is 30.4 Å². The van der Waals surface area contributed by atoms with Gasteiger partial charge in [-0.25, -0.2) is 0 Å². The van der Waals surface area contributed by atoms with Gasteiger partial charge in [0.15, 0.2) is 0 Å². The number of anilines is 1. The quantitative estimate of drug-likeness (QED) is 0.803. The molecule has 2 amide bonds.